The summed E-state index contributed by atoms with van der Waals surface area (Å²) in [4.78, 5) is 22.7. The third-order valence-electron chi connectivity index (χ3n) is 3.30. The minimum absolute atomic E-state index is 0.0434. The number of ketones is 1. The molecule has 4 nitrogen and oxygen atoms in total. The quantitative estimate of drug-likeness (QED) is 0.859. The lowest BCUT2D eigenvalue weighted by molar-refractivity contribution is -0.136. The number of rotatable bonds is 4. The van der Waals surface area contributed by atoms with Gasteiger partial charge in [0.2, 0.25) is 0 Å². The summed E-state index contributed by atoms with van der Waals surface area (Å²) in [6.45, 7) is 3.99. The number of aliphatic carboxylic acids is 1. The number of carbonyl (C=O) groups is 2. The molecule has 1 aromatic heterocycles. The Bertz CT molecular complexity index is 668. The molecule has 4 heteroatoms. The fourth-order valence-corrected chi connectivity index (χ4v) is 2.47. The second-order valence-electron chi connectivity index (χ2n) is 4.95. The third kappa shape index (κ3) is 2.52. The Hall–Kier alpha value is -2.10. The number of Topliss-reactive ketones (excluding diaryl/α,β-unsaturated/α-hetero) is 1. The molecule has 0 saturated heterocycles. The van der Waals surface area contributed by atoms with Gasteiger partial charge in [0.05, 0.1) is 6.42 Å². The summed E-state index contributed by atoms with van der Waals surface area (Å²) >= 11 is 0. The summed E-state index contributed by atoms with van der Waals surface area (Å²) in [7, 11) is 1.90. The van der Waals surface area contributed by atoms with E-state index in [0.717, 1.165) is 22.0 Å². The lowest BCUT2D eigenvalue weighted by Crippen LogP contribution is -2.03. The van der Waals surface area contributed by atoms with Gasteiger partial charge in [0.15, 0.2) is 5.78 Å². The summed E-state index contributed by atoms with van der Waals surface area (Å²) in [6.07, 6.45) is 1.71. The molecule has 19 heavy (non-hydrogen) atoms. The molecule has 1 N–H and O–H groups in total. The SMILES string of the molecule is Cc1cc(C)c2c(C(=O)CCC(=O)O)cn(C)c2c1. The topological polar surface area (TPSA) is 59.3 Å². The van der Waals surface area contributed by atoms with Crippen molar-refractivity contribution in [3.63, 3.8) is 0 Å². The molecule has 0 unspecified atom stereocenters. The fourth-order valence-electron chi connectivity index (χ4n) is 2.47. The molecule has 0 atom stereocenters. The van der Waals surface area contributed by atoms with Gasteiger partial charge in [-0.05, 0) is 31.0 Å². The van der Waals surface area contributed by atoms with E-state index >= 15 is 0 Å². The highest BCUT2D eigenvalue weighted by Crippen LogP contribution is 2.27. The lowest BCUT2D eigenvalue weighted by atomic mass is 10.0. The van der Waals surface area contributed by atoms with E-state index in [0.29, 0.717) is 5.56 Å². The van der Waals surface area contributed by atoms with E-state index in [1.54, 1.807) is 6.20 Å². The van der Waals surface area contributed by atoms with Crippen molar-refractivity contribution in [2.75, 3.05) is 0 Å². The van der Waals surface area contributed by atoms with Gasteiger partial charge in [-0.2, -0.15) is 0 Å². The number of hydrogen-bond donors (Lipinski definition) is 1. The maximum Gasteiger partial charge on any atom is 0.303 e. The van der Waals surface area contributed by atoms with E-state index in [9.17, 15) is 9.59 Å². The van der Waals surface area contributed by atoms with Crippen LogP contribution in [0, 0.1) is 13.8 Å². The molecule has 0 bridgehead atoms. The summed E-state index contributed by atoms with van der Waals surface area (Å²) in [5.74, 6) is -1.05. The molecule has 0 radical (unpaired) electrons. The maximum atomic E-state index is 12.1. The van der Waals surface area contributed by atoms with Gasteiger partial charge in [0.1, 0.15) is 0 Å². The highest BCUT2D eigenvalue weighted by atomic mass is 16.4. The first-order chi connectivity index (χ1) is 8.90. The van der Waals surface area contributed by atoms with Crippen LogP contribution in [-0.2, 0) is 11.8 Å². The Morgan fingerprint density at radius 3 is 2.53 bits per heavy atom. The molecule has 0 fully saturated rings. The summed E-state index contributed by atoms with van der Waals surface area (Å²) < 4.78 is 1.92. The number of hydrogen-bond acceptors (Lipinski definition) is 2. The maximum absolute atomic E-state index is 12.1. The number of nitrogens with zero attached hydrogens (tertiary/aromatic N) is 1. The standard InChI is InChI=1S/C15H17NO3/c1-9-6-10(2)15-11(8-16(3)12(15)7-9)13(17)4-5-14(18)19/h6-8H,4-5H2,1-3H3,(H,18,19). The largest absolute Gasteiger partial charge is 0.481 e. The third-order valence-corrected chi connectivity index (χ3v) is 3.30. The summed E-state index contributed by atoms with van der Waals surface area (Å²) in [6, 6.07) is 4.08. The number of carboxylic acids is 1. The molecule has 0 aliphatic rings. The number of benzene rings is 1. The van der Waals surface area contributed by atoms with Gasteiger partial charge in [-0.1, -0.05) is 6.07 Å². The van der Waals surface area contributed by atoms with E-state index in [-0.39, 0.29) is 18.6 Å². The smallest absolute Gasteiger partial charge is 0.303 e. The Kier molecular flexibility index (Phi) is 3.42. The van der Waals surface area contributed by atoms with Gasteiger partial charge in [0.25, 0.3) is 0 Å². The first-order valence-corrected chi connectivity index (χ1v) is 6.21. The number of carbonyl (C=O) groups excluding carboxylic acids is 1. The van der Waals surface area contributed by atoms with Crippen LogP contribution < -0.4 is 0 Å². The second kappa shape index (κ2) is 4.88. The van der Waals surface area contributed by atoms with Crippen molar-refractivity contribution >= 4 is 22.7 Å². The molecule has 100 valence electrons. The normalized spacial score (nSPS) is 10.9. The predicted octanol–water partition coefficient (Wildman–Crippen LogP) is 2.84. The average Bonchev–Trinajstić information content (AvgIpc) is 2.64. The average molecular weight is 259 g/mol. The number of aryl methyl sites for hydroxylation is 3. The molecule has 0 amide bonds. The van der Waals surface area contributed by atoms with Crippen molar-refractivity contribution < 1.29 is 14.7 Å². The monoisotopic (exact) mass is 259 g/mol. The highest BCUT2D eigenvalue weighted by Gasteiger charge is 2.16. The molecule has 0 spiro atoms. The first kappa shape index (κ1) is 13.3. The molecule has 2 aromatic rings. The molecule has 0 saturated carbocycles. The Labute approximate surface area is 111 Å². The van der Waals surface area contributed by atoms with Crippen LogP contribution in [0.3, 0.4) is 0 Å². The molecule has 1 heterocycles. The van der Waals surface area contributed by atoms with Crippen LogP contribution in [0.2, 0.25) is 0 Å². The second-order valence-corrected chi connectivity index (χ2v) is 4.95. The Balaban J connectivity index is 2.50. The lowest BCUT2D eigenvalue weighted by Gasteiger charge is -2.03. The molecule has 1 aromatic carbocycles. The zero-order valence-electron chi connectivity index (χ0n) is 11.4. The highest BCUT2D eigenvalue weighted by molar-refractivity contribution is 6.09. The van der Waals surface area contributed by atoms with Gasteiger partial charge >= 0.3 is 5.97 Å². The van der Waals surface area contributed by atoms with Crippen LogP contribution in [-0.4, -0.2) is 21.4 Å². The molecule has 0 aliphatic heterocycles. The number of aromatic nitrogens is 1. The van der Waals surface area contributed by atoms with Crippen LogP contribution in [0.15, 0.2) is 18.3 Å². The van der Waals surface area contributed by atoms with Gasteiger partial charge in [-0.25, -0.2) is 0 Å². The van der Waals surface area contributed by atoms with E-state index in [2.05, 4.69) is 0 Å². The molecule has 0 aliphatic carbocycles. The fraction of sp³-hybridized carbons (Fsp3) is 0.333. The molecule has 2 rings (SSSR count). The predicted molar refractivity (Wildman–Crippen MR) is 73.6 cm³/mol. The van der Waals surface area contributed by atoms with Crippen LogP contribution in [0.5, 0.6) is 0 Å². The van der Waals surface area contributed by atoms with Crippen molar-refractivity contribution in [3.8, 4) is 0 Å². The van der Waals surface area contributed by atoms with Crippen molar-refractivity contribution in [1.29, 1.82) is 0 Å². The van der Waals surface area contributed by atoms with Crippen LogP contribution >= 0.6 is 0 Å². The molecular weight excluding hydrogens is 242 g/mol. The van der Waals surface area contributed by atoms with Crippen molar-refractivity contribution in [3.05, 3.63) is 35.0 Å². The van der Waals surface area contributed by atoms with Gasteiger partial charge in [-0.3, -0.25) is 9.59 Å². The van der Waals surface area contributed by atoms with Gasteiger partial charge < -0.3 is 9.67 Å². The van der Waals surface area contributed by atoms with Crippen molar-refractivity contribution in [2.45, 2.75) is 26.7 Å². The zero-order chi connectivity index (χ0) is 14.2. The Morgan fingerprint density at radius 2 is 1.89 bits per heavy atom. The summed E-state index contributed by atoms with van der Waals surface area (Å²) in [5.41, 5.74) is 3.83. The Morgan fingerprint density at radius 1 is 1.21 bits per heavy atom. The zero-order valence-corrected chi connectivity index (χ0v) is 11.4. The minimum atomic E-state index is -0.943. The van der Waals surface area contributed by atoms with E-state index in [1.807, 2.05) is 37.6 Å². The first-order valence-electron chi connectivity index (χ1n) is 6.21. The minimum Gasteiger partial charge on any atom is -0.481 e. The van der Waals surface area contributed by atoms with Gasteiger partial charge in [0, 0.05) is 36.1 Å². The molecular formula is C15H17NO3. The van der Waals surface area contributed by atoms with E-state index in [1.165, 1.54) is 0 Å². The van der Waals surface area contributed by atoms with E-state index < -0.39 is 5.97 Å². The number of fused-ring (bicyclic) bond motifs is 1. The number of carboxylic acid groups (broad SMARTS) is 1. The van der Waals surface area contributed by atoms with Crippen molar-refractivity contribution in [1.82, 2.24) is 4.57 Å². The van der Waals surface area contributed by atoms with Crippen molar-refractivity contribution in [2.24, 2.45) is 7.05 Å². The van der Waals surface area contributed by atoms with Crippen LogP contribution in [0.25, 0.3) is 10.9 Å². The van der Waals surface area contributed by atoms with Crippen LogP contribution in [0.1, 0.15) is 34.3 Å². The van der Waals surface area contributed by atoms with E-state index in [4.69, 9.17) is 5.11 Å². The van der Waals surface area contributed by atoms with Gasteiger partial charge in [-0.15, -0.1) is 0 Å². The summed E-state index contributed by atoms with van der Waals surface area (Å²) in [5, 5.41) is 9.60. The van der Waals surface area contributed by atoms with Crippen LogP contribution in [0.4, 0.5) is 0 Å².